The second kappa shape index (κ2) is 5.40. The molecule has 2 rings (SSSR count). The third kappa shape index (κ3) is 3.28. The molecule has 0 spiro atoms. The summed E-state index contributed by atoms with van der Waals surface area (Å²) in [4.78, 5) is 0. The van der Waals surface area contributed by atoms with Crippen LogP contribution in [0.15, 0.2) is 32.3 Å². The molecular weight excluding hydrogens is 377 g/mol. The molecule has 0 bridgehead atoms. The monoisotopic (exact) mass is 383 g/mol. The van der Waals surface area contributed by atoms with E-state index in [1.54, 1.807) is 13.0 Å². The Morgan fingerprint density at radius 2 is 2.05 bits per heavy atom. The molecule has 0 aliphatic rings. The fraction of sp³-hybridized carbons (Fsp3) is 0.0909. The van der Waals surface area contributed by atoms with Crippen molar-refractivity contribution in [1.29, 1.82) is 0 Å². The van der Waals surface area contributed by atoms with Gasteiger partial charge in [-0.25, -0.2) is 12.8 Å². The first-order valence-corrected chi connectivity index (χ1v) is 8.50. The third-order valence-corrected chi connectivity index (χ3v) is 6.56. The first-order valence-electron chi connectivity index (χ1n) is 5.03. The summed E-state index contributed by atoms with van der Waals surface area (Å²) in [6.45, 7) is 1.80. The highest BCUT2D eigenvalue weighted by molar-refractivity contribution is 9.11. The second-order valence-electron chi connectivity index (χ2n) is 3.75. The van der Waals surface area contributed by atoms with Gasteiger partial charge >= 0.3 is 0 Å². The minimum Gasteiger partial charge on any atom is -0.277 e. The van der Waals surface area contributed by atoms with Crippen molar-refractivity contribution in [1.82, 2.24) is 0 Å². The SMILES string of the molecule is Cc1cc(S(=O)(=O)Nc2ccc(F)cc2Cl)sc1Br. The quantitative estimate of drug-likeness (QED) is 0.852. The standard InChI is InChI=1S/C11H8BrClFNO2S2/c1-6-4-10(18-11(6)12)19(16,17)15-9-3-2-7(14)5-8(9)13/h2-5,15H,1H3. The summed E-state index contributed by atoms with van der Waals surface area (Å²) in [5.74, 6) is -0.525. The second-order valence-corrected chi connectivity index (χ2v) is 8.44. The zero-order valence-electron chi connectivity index (χ0n) is 9.58. The van der Waals surface area contributed by atoms with Crippen molar-refractivity contribution in [3.63, 3.8) is 0 Å². The fourth-order valence-electron chi connectivity index (χ4n) is 1.33. The Morgan fingerprint density at radius 3 is 2.58 bits per heavy atom. The van der Waals surface area contributed by atoms with Crippen LogP contribution in [0.5, 0.6) is 0 Å². The summed E-state index contributed by atoms with van der Waals surface area (Å²) in [6.07, 6.45) is 0. The third-order valence-electron chi connectivity index (χ3n) is 2.27. The van der Waals surface area contributed by atoms with Crippen molar-refractivity contribution >= 4 is 54.6 Å². The minimum absolute atomic E-state index is 0.0101. The molecule has 1 N–H and O–H groups in total. The molecule has 0 atom stereocenters. The average molecular weight is 385 g/mol. The van der Waals surface area contributed by atoms with Gasteiger partial charge in [0.2, 0.25) is 0 Å². The lowest BCUT2D eigenvalue weighted by Gasteiger charge is -2.07. The Balaban J connectivity index is 2.36. The lowest BCUT2D eigenvalue weighted by Crippen LogP contribution is -2.11. The van der Waals surface area contributed by atoms with Crippen LogP contribution in [0, 0.1) is 12.7 Å². The van der Waals surface area contributed by atoms with Gasteiger partial charge in [-0.2, -0.15) is 0 Å². The van der Waals surface area contributed by atoms with Crippen LogP contribution in [-0.4, -0.2) is 8.42 Å². The number of hydrogen-bond donors (Lipinski definition) is 1. The topological polar surface area (TPSA) is 46.2 Å². The number of anilines is 1. The van der Waals surface area contributed by atoms with Crippen molar-refractivity contribution in [3.05, 3.63) is 44.5 Å². The van der Waals surface area contributed by atoms with E-state index in [2.05, 4.69) is 20.7 Å². The van der Waals surface area contributed by atoms with E-state index in [1.807, 2.05) is 0 Å². The number of halogens is 3. The molecular formula is C11H8BrClFNO2S2. The fourth-order valence-corrected chi connectivity index (χ4v) is 4.91. The summed E-state index contributed by atoms with van der Waals surface area (Å²) < 4.78 is 40.4. The molecule has 8 heteroatoms. The number of hydrogen-bond acceptors (Lipinski definition) is 3. The van der Waals surface area contributed by atoms with Gasteiger partial charge in [-0.3, -0.25) is 4.72 Å². The minimum atomic E-state index is -3.72. The van der Waals surface area contributed by atoms with Gasteiger partial charge in [0.05, 0.1) is 14.5 Å². The van der Waals surface area contributed by atoms with Crippen LogP contribution in [0.4, 0.5) is 10.1 Å². The van der Waals surface area contributed by atoms with Crippen LogP contribution in [0.1, 0.15) is 5.56 Å². The van der Waals surface area contributed by atoms with Gasteiger partial charge in [-0.05, 0) is 52.7 Å². The van der Waals surface area contributed by atoms with Crippen LogP contribution >= 0.6 is 38.9 Å². The maximum atomic E-state index is 12.9. The first-order chi connectivity index (χ1) is 8.79. The highest BCUT2D eigenvalue weighted by Crippen LogP contribution is 2.32. The Kier molecular flexibility index (Phi) is 4.20. The summed E-state index contributed by atoms with van der Waals surface area (Å²) >= 11 is 10.2. The Hall–Kier alpha value is -0.630. The van der Waals surface area contributed by atoms with Gasteiger partial charge in [-0.1, -0.05) is 11.6 Å². The molecule has 1 heterocycles. The molecule has 0 aliphatic carbocycles. The zero-order valence-corrected chi connectivity index (χ0v) is 13.6. The lowest BCUT2D eigenvalue weighted by molar-refractivity contribution is 0.603. The van der Waals surface area contributed by atoms with Crippen LogP contribution < -0.4 is 4.72 Å². The predicted molar refractivity (Wildman–Crippen MR) is 79.0 cm³/mol. The Morgan fingerprint density at radius 1 is 1.37 bits per heavy atom. The van der Waals surface area contributed by atoms with E-state index in [4.69, 9.17) is 11.6 Å². The molecule has 0 fully saturated rings. The van der Waals surface area contributed by atoms with Crippen molar-refractivity contribution in [2.45, 2.75) is 11.1 Å². The van der Waals surface area contributed by atoms with Gasteiger partial charge < -0.3 is 0 Å². The molecule has 0 unspecified atom stereocenters. The van der Waals surface area contributed by atoms with E-state index in [0.29, 0.717) is 0 Å². The zero-order chi connectivity index (χ0) is 14.2. The molecule has 0 radical (unpaired) electrons. The first kappa shape index (κ1) is 14.8. The molecule has 0 saturated heterocycles. The van der Waals surface area contributed by atoms with Gasteiger partial charge in [0.1, 0.15) is 10.0 Å². The molecule has 2 aromatic rings. The molecule has 3 nitrogen and oxygen atoms in total. The summed E-state index contributed by atoms with van der Waals surface area (Å²) in [7, 11) is -3.72. The van der Waals surface area contributed by atoms with Gasteiger partial charge in [0.15, 0.2) is 0 Å². The number of nitrogens with one attached hydrogen (secondary N) is 1. The lowest BCUT2D eigenvalue weighted by atomic mass is 10.3. The summed E-state index contributed by atoms with van der Waals surface area (Å²) in [5, 5.41) is 0.0101. The van der Waals surface area contributed by atoms with E-state index in [-0.39, 0.29) is 14.9 Å². The highest BCUT2D eigenvalue weighted by Gasteiger charge is 2.19. The van der Waals surface area contributed by atoms with Crippen LogP contribution in [0.25, 0.3) is 0 Å². The van der Waals surface area contributed by atoms with E-state index < -0.39 is 15.8 Å². The number of rotatable bonds is 3. The van der Waals surface area contributed by atoms with Crippen molar-refractivity contribution in [2.24, 2.45) is 0 Å². The van der Waals surface area contributed by atoms with Crippen LogP contribution in [-0.2, 0) is 10.0 Å². The number of aryl methyl sites for hydroxylation is 1. The van der Waals surface area contributed by atoms with Gasteiger partial charge in [0.25, 0.3) is 10.0 Å². The Labute approximate surface area is 127 Å². The Bertz CT molecular complexity index is 711. The molecule has 1 aromatic carbocycles. The molecule has 0 amide bonds. The van der Waals surface area contributed by atoms with Gasteiger partial charge in [-0.15, -0.1) is 11.3 Å². The van der Waals surface area contributed by atoms with Crippen molar-refractivity contribution < 1.29 is 12.8 Å². The van der Waals surface area contributed by atoms with E-state index >= 15 is 0 Å². The highest BCUT2D eigenvalue weighted by atomic mass is 79.9. The van der Waals surface area contributed by atoms with Crippen LogP contribution in [0.2, 0.25) is 5.02 Å². The summed E-state index contributed by atoms with van der Waals surface area (Å²) in [6, 6.07) is 5.02. The number of sulfonamides is 1. The molecule has 102 valence electrons. The molecule has 19 heavy (non-hydrogen) atoms. The maximum absolute atomic E-state index is 12.9. The molecule has 0 aliphatic heterocycles. The maximum Gasteiger partial charge on any atom is 0.271 e. The van der Waals surface area contributed by atoms with E-state index in [1.165, 1.54) is 6.07 Å². The predicted octanol–water partition coefficient (Wildman–Crippen LogP) is 4.41. The van der Waals surface area contributed by atoms with Crippen molar-refractivity contribution in [2.75, 3.05) is 4.72 Å². The van der Waals surface area contributed by atoms with E-state index in [0.717, 1.165) is 32.8 Å². The van der Waals surface area contributed by atoms with Crippen molar-refractivity contribution in [3.8, 4) is 0 Å². The summed E-state index contributed by atoms with van der Waals surface area (Å²) in [5.41, 5.74) is 0.973. The average Bonchev–Trinajstić information content (AvgIpc) is 2.64. The largest absolute Gasteiger partial charge is 0.277 e. The number of thiophene rings is 1. The smallest absolute Gasteiger partial charge is 0.271 e. The normalized spacial score (nSPS) is 11.6. The molecule has 1 aromatic heterocycles. The molecule has 0 saturated carbocycles. The van der Waals surface area contributed by atoms with Crippen LogP contribution in [0.3, 0.4) is 0 Å². The van der Waals surface area contributed by atoms with Gasteiger partial charge in [0, 0.05) is 0 Å². The van der Waals surface area contributed by atoms with E-state index in [9.17, 15) is 12.8 Å². The number of benzene rings is 1.